The monoisotopic (exact) mass is 535 g/mol. The molecule has 0 heterocycles. The van der Waals surface area contributed by atoms with Gasteiger partial charge >= 0.3 is 11.7 Å². The predicted octanol–water partition coefficient (Wildman–Crippen LogP) is 5.37. The summed E-state index contributed by atoms with van der Waals surface area (Å²) >= 11 is 0. The Morgan fingerprint density at radius 1 is 0.912 bits per heavy atom. The number of benzene rings is 2. The number of hydrogen-bond donors (Lipinski definition) is 1. The molecule has 1 unspecified atom stereocenters. The molecule has 1 N–H and O–H groups in total. The van der Waals surface area contributed by atoms with Crippen molar-refractivity contribution in [1.29, 1.82) is 0 Å². The molecule has 1 fully saturated rings. The molecule has 0 amide bonds. The van der Waals surface area contributed by atoms with E-state index in [0.29, 0.717) is 36.4 Å². The lowest BCUT2D eigenvalue weighted by atomic mass is 9.80. The zero-order chi connectivity index (χ0) is 25.5. The summed E-state index contributed by atoms with van der Waals surface area (Å²) in [5.74, 6) is -2.07. The van der Waals surface area contributed by atoms with E-state index >= 15 is 0 Å². The molecule has 0 radical (unpaired) electrons. The molecule has 0 saturated heterocycles. The van der Waals surface area contributed by atoms with E-state index in [1.165, 1.54) is 0 Å². The van der Waals surface area contributed by atoms with Gasteiger partial charge in [0.05, 0.1) is 10.5 Å². The Labute approximate surface area is 191 Å². The first-order chi connectivity index (χ1) is 15.6. The number of halogens is 8. The molecule has 0 aliphatic heterocycles. The van der Waals surface area contributed by atoms with E-state index in [-0.39, 0.29) is 12.8 Å². The summed E-state index contributed by atoms with van der Waals surface area (Å²) in [4.78, 5) is -0.588. The molecular weight excluding hydrogens is 518 g/mol. The molecule has 0 aromatic heterocycles. The van der Waals surface area contributed by atoms with Gasteiger partial charge in [-0.25, -0.2) is 26.1 Å². The number of sulfone groups is 1. The predicted molar refractivity (Wildman–Crippen MR) is 106 cm³/mol. The van der Waals surface area contributed by atoms with E-state index in [9.17, 15) is 47.8 Å². The van der Waals surface area contributed by atoms with Gasteiger partial charge in [-0.15, -0.1) is 0 Å². The summed E-state index contributed by atoms with van der Waals surface area (Å²) in [6.45, 7) is 0. The van der Waals surface area contributed by atoms with Crippen LogP contribution in [0.15, 0.2) is 47.4 Å². The maximum atomic E-state index is 14.7. The molecule has 0 spiro atoms. The van der Waals surface area contributed by atoms with Crippen LogP contribution < -0.4 is 4.72 Å². The fourth-order valence-corrected chi connectivity index (χ4v) is 6.84. The highest BCUT2D eigenvalue weighted by Gasteiger charge is 2.51. The fraction of sp³-hybridized carbons (Fsp3) is 0.400. The number of alkyl halides is 6. The standard InChI is InChI=1S/C20H17F8NO3S2/c21-13-3-6-17(22)16(11-13)18(9-7-14(8-10-18)29-33(30)20(26,27)28)34(31,32)15-4-1-12(2-5-15)19(23,24)25/h1-6,11,14,29H,7-10H2. The van der Waals surface area contributed by atoms with E-state index in [0.717, 1.165) is 6.07 Å². The van der Waals surface area contributed by atoms with Gasteiger partial charge in [0.1, 0.15) is 16.4 Å². The summed E-state index contributed by atoms with van der Waals surface area (Å²) < 4.78 is 143. The fourth-order valence-electron chi connectivity index (χ4n) is 4.00. The average Bonchev–Trinajstić information content (AvgIpc) is 2.75. The smallest absolute Gasteiger partial charge is 0.234 e. The van der Waals surface area contributed by atoms with E-state index in [2.05, 4.69) is 0 Å². The van der Waals surface area contributed by atoms with Crippen LogP contribution in [0.3, 0.4) is 0 Å². The molecule has 1 atom stereocenters. The first kappa shape index (κ1) is 26.5. The van der Waals surface area contributed by atoms with Crippen LogP contribution in [0.25, 0.3) is 0 Å². The van der Waals surface area contributed by atoms with Crippen molar-refractivity contribution >= 4 is 20.8 Å². The van der Waals surface area contributed by atoms with Crippen LogP contribution in [0.4, 0.5) is 35.1 Å². The van der Waals surface area contributed by atoms with E-state index in [1.54, 1.807) is 0 Å². The van der Waals surface area contributed by atoms with Gasteiger partial charge in [0.15, 0.2) is 20.8 Å². The molecule has 4 nitrogen and oxygen atoms in total. The number of nitrogens with one attached hydrogen (secondary N) is 1. The maximum absolute atomic E-state index is 14.7. The van der Waals surface area contributed by atoms with E-state index in [4.69, 9.17) is 0 Å². The molecule has 2 aromatic rings. The summed E-state index contributed by atoms with van der Waals surface area (Å²) in [6, 6.07) is 3.49. The SMILES string of the molecule is O=S(NC1CCC(c2cc(F)ccc2F)(S(=O)(=O)c2ccc(C(F)(F)F)cc2)CC1)C(F)(F)F. The lowest BCUT2D eigenvalue weighted by Gasteiger charge is -2.40. The van der Waals surface area contributed by atoms with Crippen molar-refractivity contribution in [3.63, 3.8) is 0 Å². The van der Waals surface area contributed by atoms with Crippen molar-refractivity contribution < 1.29 is 47.8 Å². The highest BCUT2D eigenvalue weighted by Crippen LogP contribution is 2.48. The van der Waals surface area contributed by atoms with Crippen LogP contribution in [0.2, 0.25) is 0 Å². The Kier molecular flexibility index (Phi) is 7.17. The van der Waals surface area contributed by atoms with Crippen molar-refractivity contribution in [3.8, 4) is 0 Å². The summed E-state index contributed by atoms with van der Waals surface area (Å²) in [5.41, 5.74) is -6.77. The van der Waals surface area contributed by atoms with Gasteiger partial charge in [-0.05, 0) is 68.1 Å². The largest absolute Gasteiger partial charge is 0.485 e. The second kappa shape index (κ2) is 9.19. The van der Waals surface area contributed by atoms with Crippen molar-refractivity contribution in [3.05, 3.63) is 65.2 Å². The quantitative estimate of drug-likeness (QED) is 0.524. The Bertz CT molecular complexity index is 1170. The molecular formula is C20H17F8NO3S2. The molecule has 14 heteroatoms. The van der Waals surface area contributed by atoms with Crippen LogP contribution in [-0.2, 0) is 31.7 Å². The summed E-state index contributed by atoms with van der Waals surface area (Å²) in [6.07, 6.45) is -6.35. The first-order valence-electron chi connectivity index (χ1n) is 9.70. The van der Waals surface area contributed by atoms with Crippen LogP contribution >= 0.6 is 0 Å². The lowest BCUT2D eigenvalue weighted by Crippen LogP contribution is -2.46. The van der Waals surface area contributed by atoms with Crippen molar-refractivity contribution in [2.45, 2.75) is 53.1 Å². The third-order valence-electron chi connectivity index (χ3n) is 5.70. The van der Waals surface area contributed by atoms with Crippen LogP contribution in [0.1, 0.15) is 36.8 Å². The van der Waals surface area contributed by atoms with Crippen molar-refractivity contribution in [2.24, 2.45) is 0 Å². The second-order valence-electron chi connectivity index (χ2n) is 7.75. The van der Waals surface area contributed by atoms with Crippen molar-refractivity contribution in [1.82, 2.24) is 4.72 Å². The Morgan fingerprint density at radius 3 is 1.97 bits per heavy atom. The topological polar surface area (TPSA) is 63.2 Å². The highest BCUT2D eigenvalue weighted by molar-refractivity contribution is 7.92. The number of hydrogen-bond acceptors (Lipinski definition) is 3. The van der Waals surface area contributed by atoms with Gasteiger partial charge in [-0.2, -0.15) is 26.3 Å². The molecule has 1 saturated carbocycles. The normalized spacial score (nSPS) is 23.0. The molecule has 34 heavy (non-hydrogen) atoms. The highest BCUT2D eigenvalue weighted by atomic mass is 32.2. The molecule has 188 valence electrons. The second-order valence-corrected chi connectivity index (χ2v) is 11.2. The third kappa shape index (κ3) is 5.13. The zero-order valence-corrected chi connectivity index (χ0v) is 18.6. The van der Waals surface area contributed by atoms with Crippen molar-refractivity contribution in [2.75, 3.05) is 0 Å². The van der Waals surface area contributed by atoms with Gasteiger partial charge in [-0.3, -0.25) is 0 Å². The Morgan fingerprint density at radius 2 is 1.47 bits per heavy atom. The minimum absolute atomic E-state index is 0.308. The summed E-state index contributed by atoms with van der Waals surface area (Å²) in [5, 5.41) is 0. The zero-order valence-electron chi connectivity index (χ0n) is 17.0. The molecule has 1 aliphatic carbocycles. The van der Waals surface area contributed by atoms with Gasteiger partial charge in [0.2, 0.25) is 0 Å². The number of rotatable bonds is 5. The van der Waals surface area contributed by atoms with Crippen LogP contribution in [0.5, 0.6) is 0 Å². The Balaban J connectivity index is 2.04. The Hall–Kier alpha value is -2.06. The maximum Gasteiger partial charge on any atom is 0.485 e. The van der Waals surface area contributed by atoms with Gasteiger partial charge in [-0.1, -0.05) is 0 Å². The molecule has 3 rings (SSSR count). The lowest BCUT2D eigenvalue weighted by molar-refractivity contribution is -0.137. The average molecular weight is 535 g/mol. The van der Waals surface area contributed by atoms with Gasteiger partial charge in [0.25, 0.3) is 0 Å². The van der Waals surface area contributed by atoms with Crippen LogP contribution in [0, 0.1) is 11.6 Å². The van der Waals surface area contributed by atoms with Gasteiger partial charge in [0, 0.05) is 11.6 Å². The minimum Gasteiger partial charge on any atom is -0.234 e. The minimum atomic E-state index is -5.06. The molecule has 2 aromatic carbocycles. The molecule has 1 aliphatic rings. The third-order valence-corrected chi connectivity index (χ3v) is 9.22. The first-order valence-corrected chi connectivity index (χ1v) is 12.3. The van der Waals surface area contributed by atoms with Crippen LogP contribution in [-0.4, -0.2) is 24.2 Å². The van der Waals surface area contributed by atoms with E-state index in [1.807, 2.05) is 4.72 Å². The van der Waals surface area contributed by atoms with Gasteiger partial charge < -0.3 is 0 Å². The molecule has 0 bridgehead atoms. The van der Waals surface area contributed by atoms with E-state index < -0.39 is 83.8 Å². The summed E-state index contributed by atoms with van der Waals surface area (Å²) in [7, 11) is -8.08.